The number of thiophene rings is 1. The standard InChI is InChI=1S/C15H15Cl2NS/c1-8-6-12(17)10(7-11(8)16)13-4-5-14(19-13)15(18)9-2-3-9/h4-7,9,15H,2-3,18H2,1H3. The number of hydrogen-bond acceptors (Lipinski definition) is 2. The van der Waals surface area contributed by atoms with Crippen molar-refractivity contribution in [3.8, 4) is 10.4 Å². The van der Waals surface area contributed by atoms with Crippen LogP contribution in [0.3, 0.4) is 0 Å². The number of halogens is 2. The maximum Gasteiger partial charge on any atom is 0.0496 e. The predicted molar refractivity (Wildman–Crippen MR) is 84.2 cm³/mol. The normalized spacial score (nSPS) is 16.6. The van der Waals surface area contributed by atoms with Gasteiger partial charge in [-0.05, 0) is 55.5 Å². The maximum atomic E-state index is 6.32. The third kappa shape index (κ3) is 2.68. The van der Waals surface area contributed by atoms with Gasteiger partial charge in [0, 0.05) is 31.4 Å². The molecule has 0 amide bonds. The first kappa shape index (κ1) is 13.4. The Kier molecular flexibility index (Phi) is 3.61. The minimum atomic E-state index is 0.179. The predicted octanol–water partition coefficient (Wildman–Crippen LogP) is 5.44. The van der Waals surface area contributed by atoms with E-state index in [2.05, 4.69) is 12.1 Å². The lowest BCUT2D eigenvalue weighted by Gasteiger charge is -2.07. The van der Waals surface area contributed by atoms with Crippen LogP contribution in [0.25, 0.3) is 10.4 Å². The molecule has 1 aromatic carbocycles. The minimum Gasteiger partial charge on any atom is -0.323 e. The zero-order valence-corrected chi connectivity index (χ0v) is 12.9. The number of nitrogens with two attached hydrogens (primary N) is 1. The second-order valence-electron chi connectivity index (χ2n) is 5.15. The highest BCUT2D eigenvalue weighted by Crippen LogP contribution is 2.44. The molecule has 1 heterocycles. The van der Waals surface area contributed by atoms with E-state index in [0.29, 0.717) is 5.92 Å². The quantitative estimate of drug-likeness (QED) is 0.802. The number of rotatable bonds is 3. The maximum absolute atomic E-state index is 6.32. The molecule has 0 bridgehead atoms. The van der Waals surface area contributed by atoms with Crippen LogP contribution in [0.2, 0.25) is 10.0 Å². The largest absolute Gasteiger partial charge is 0.323 e. The van der Waals surface area contributed by atoms with Crippen LogP contribution in [0.1, 0.15) is 29.3 Å². The summed E-state index contributed by atoms with van der Waals surface area (Å²) in [5, 5.41) is 1.50. The average Bonchev–Trinajstić information content (AvgIpc) is 3.11. The Labute approximate surface area is 127 Å². The van der Waals surface area contributed by atoms with Crippen molar-refractivity contribution in [2.75, 3.05) is 0 Å². The van der Waals surface area contributed by atoms with E-state index in [1.165, 1.54) is 17.7 Å². The minimum absolute atomic E-state index is 0.179. The Hall–Kier alpha value is -0.540. The van der Waals surface area contributed by atoms with E-state index in [1.54, 1.807) is 11.3 Å². The van der Waals surface area contributed by atoms with Crippen LogP contribution >= 0.6 is 34.5 Å². The molecule has 1 aliphatic carbocycles. The van der Waals surface area contributed by atoms with Crippen molar-refractivity contribution in [1.29, 1.82) is 0 Å². The Balaban J connectivity index is 1.96. The molecule has 0 aliphatic heterocycles. The zero-order chi connectivity index (χ0) is 13.6. The van der Waals surface area contributed by atoms with E-state index < -0.39 is 0 Å². The molecule has 1 atom stereocenters. The first-order chi connectivity index (χ1) is 9.06. The lowest BCUT2D eigenvalue weighted by atomic mass is 10.1. The molecule has 100 valence electrons. The monoisotopic (exact) mass is 311 g/mol. The molecule has 1 unspecified atom stereocenters. The van der Waals surface area contributed by atoms with Gasteiger partial charge in [0.05, 0.1) is 0 Å². The molecule has 1 saturated carbocycles. The summed E-state index contributed by atoms with van der Waals surface area (Å²) in [7, 11) is 0. The second-order valence-corrected chi connectivity index (χ2v) is 7.08. The topological polar surface area (TPSA) is 26.0 Å². The number of hydrogen-bond donors (Lipinski definition) is 1. The van der Waals surface area contributed by atoms with Gasteiger partial charge in [0.25, 0.3) is 0 Å². The molecule has 1 aromatic heterocycles. The van der Waals surface area contributed by atoms with Gasteiger partial charge >= 0.3 is 0 Å². The Morgan fingerprint density at radius 3 is 2.63 bits per heavy atom. The van der Waals surface area contributed by atoms with Crippen LogP contribution in [0.15, 0.2) is 24.3 Å². The van der Waals surface area contributed by atoms with Gasteiger partial charge in [-0.1, -0.05) is 23.2 Å². The van der Waals surface area contributed by atoms with Gasteiger partial charge in [-0.25, -0.2) is 0 Å². The number of aryl methyl sites for hydroxylation is 1. The summed E-state index contributed by atoms with van der Waals surface area (Å²) in [6.07, 6.45) is 2.51. The van der Waals surface area contributed by atoms with E-state index >= 15 is 0 Å². The Morgan fingerprint density at radius 1 is 1.21 bits per heavy atom. The second kappa shape index (κ2) is 5.10. The van der Waals surface area contributed by atoms with Gasteiger partial charge in [0.15, 0.2) is 0 Å². The van der Waals surface area contributed by atoms with Crippen LogP contribution in [0.5, 0.6) is 0 Å². The molecule has 1 fully saturated rings. The fourth-order valence-corrected chi connectivity index (χ4v) is 3.87. The molecule has 19 heavy (non-hydrogen) atoms. The molecule has 3 rings (SSSR count). The van der Waals surface area contributed by atoms with Crippen LogP contribution < -0.4 is 5.73 Å². The highest BCUT2D eigenvalue weighted by Gasteiger charge is 2.30. The van der Waals surface area contributed by atoms with Gasteiger partial charge in [-0.3, -0.25) is 0 Å². The fraction of sp³-hybridized carbons (Fsp3) is 0.333. The summed E-state index contributed by atoms with van der Waals surface area (Å²) in [6, 6.07) is 8.25. The zero-order valence-electron chi connectivity index (χ0n) is 10.6. The van der Waals surface area contributed by atoms with E-state index in [9.17, 15) is 0 Å². The first-order valence-corrected chi connectivity index (χ1v) is 7.95. The van der Waals surface area contributed by atoms with Gasteiger partial charge in [0.2, 0.25) is 0 Å². The van der Waals surface area contributed by atoms with E-state index in [4.69, 9.17) is 28.9 Å². The molecule has 1 aliphatic rings. The fourth-order valence-electron chi connectivity index (χ4n) is 2.20. The van der Waals surface area contributed by atoms with Crippen molar-refractivity contribution < 1.29 is 0 Å². The van der Waals surface area contributed by atoms with Crippen molar-refractivity contribution >= 4 is 34.5 Å². The lowest BCUT2D eigenvalue weighted by Crippen LogP contribution is -2.10. The third-order valence-electron chi connectivity index (χ3n) is 3.60. The van der Waals surface area contributed by atoms with E-state index in [-0.39, 0.29) is 6.04 Å². The van der Waals surface area contributed by atoms with Crippen molar-refractivity contribution in [2.24, 2.45) is 11.7 Å². The van der Waals surface area contributed by atoms with Crippen molar-refractivity contribution in [3.05, 3.63) is 44.8 Å². The van der Waals surface area contributed by atoms with Crippen molar-refractivity contribution in [2.45, 2.75) is 25.8 Å². The van der Waals surface area contributed by atoms with Crippen LogP contribution in [-0.2, 0) is 0 Å². The third-order valence-corrected chi connectivity index (χ3v) is 5.54. The molecule has 2 N–H and O–H groups in total. The molecule has 0 spiro atoms. The molecule has 0 radical (unpaired) electrons. The lowest BCUT2D eigenvalue weighted by molar-refractivity contribution is 0.645. The summed E-state index contributed by atoms with van der Waals surface area (Å²) in [5.41, 5.74) is 8.23. The summed E-state index contributed by atoms with van der Waals surface area (Å²) >= 11 is 14.2. The van der Waals surface area contributed by atoms with Crippen LogP contribution in [0.4, 0.5) is 0 Å². The van der Waals surface area contributed by atoms with Crippen molar-refractivity contribution in [1.82, 2.24) is 0 Å². The van der Waals surface area contributed by atoms with Crippen LogP contribution in [0, 0.1) is 12.8 Å². The molecule has 0 saturated heterocycles. The van der Waals surface area contributed by atoms with Gasteiger partial charge < -0.3 is 5.73 Å². The molecule has 1 nitrogen and oxygen atoms in total. The highest BCUT2D eigenvalue weighted by molar-refractivity contribution is 7.15. The smallest absolute Gasteiger partial charge is 0.0496 e. The Morgan fingerprint density at radius 2 is 1.95 bits per heavy atom. The van der Waals surface area contributed by atoms with Crippen molar-refractivity contribution in [3.63, 3.8) is 0 Å². The summed E-state index contributed by atoms with van der Waals surface area (Å²) in [4.78, 5) is 2.38. The molecule has 2 aromatic rings. The summed E-state index contributed by atoms with van der Waals surface area (Å²) in [6.45, 7) is 1.96. The molecule has 4 heteroatoms. The molecular formula is C15H15Cl2NS. The molecular weight excluding hydrogens is 297 g/mol. The van der Waals surface area contributed by atoms with Gasteiger partial charge in [-0.15, -0.1) is 11.3 Å². The summed E-state index contributed by atoms with van der Waals surface area (Å²) in [5.74, 6) is 0.670. The van der Waals surface area contributed by atoms with Crippen LogP contribution in [-0.4, -0.2) is 0 Å². The van der Waals surface area contributed by atoms with E-state index in [1.807, 2.05) is 19.1 Å². The Bertz CT molecular complexity index is 617. The highest BCUT2D eigenvalue weighted by atomic mass is 35.5. The average molecular weight is 312 g/mol. The van der Waals surface area contributed by atoms with E-state index in [0.717, 1.165) is 26.0 Å². The SMILES string of the molecule is Cc1cc(Cl)c(-c2ccc(C(N)C3CC3)s2)cc1Cl. The van der Waals surface area contributed by atoms with Gasteiger partial charge in [0.1, 0.15) is 0 Å². The number of benzene rings is 1. The first-order valence-electron chi connectivity index (χ1n) is 6.37. The van der Waals surface area contributed by atoms with Gasteiger partial charge in [-0.2, -0.15) is 0 Å². The summed E-state index contributed by atoms with van der Waals surface area (Å²) < 4.78 is 0.